The number of alkyl carbamates (subject to hydrolysis) is 1. The molecule has 0 fully saturated rings. The third-order valence-electron chi connectivity index (χ3n) is 4.36. The molecule has 1 rings (SSSR count). The molecule has 0 aliphatic carbocycles. The number of hydrogen-bond donors (Lipinski definition) is 3. The minimum atomic E-state index is -0.968. The Balaban J connectivity index is 2.96. The summed E-state index contributed by atoms with van der Waals surface area (Å²) < 4.78 is 10.5. The molecule has 35 heavy (non-hydrogen) atoms. The van der Waals surface area contributed by atoms with E-state index in [-0.39, 0.29) is 13.0 Å². The van der Waals surface area contributed by atoms with Crippen LogP contribution in [-0.4, -0.2) is 65.7 Å². The molecule has 0 bridgehead atoms. The van der Waals surface area contributed by atoms with E-state index in [1.165, 1.54) is 11.8 Å². The normalized spacial score (nSPS) is 13.2. The van der Waals surface area contributed by atoms with Crippen LogP contribution in [-0.2, 0) is 30.3 Å². The van der Waals surface area contributed by atoms with Gasteiger partial charge in [-0.2, -0.15) is 11.8 Å². The van der Waals surface area contributed by atoms with E-state index in [1.807, 2.05) is 36.6 Å². The summed E-state index contributed by atoms with van der Waals surface area (Å²) in [7, 11) is 0. The molecule has 0 aromatic heterocycles. The maximum Gasteiger partial charge on any atom is 0.408 e. The summed E-state index contributed by atoms with van der Waals surface area (Å²) in [4.78, 5) is 50.4. The average Bonchev–Trinajstić information content (AvgIpc) is 2.72. The summed E-state index contributed by atoms with van der Waals surface area (Å²) >= 11 is 1.53. The Kier molecular flexibility index (Phi) is 12.1. The Morgan fingerprint density at radius 2 is 1.46 bits per heavy atom. The molecule has 3 N–H and O–H groups in total. The van der Waals surface area contributed by atoms with Crippen molar-refractivity contribution in [3.63, 3.8) is 0 Å². The second-order valence-corrected chi connectivity index (χ2v) is 11.0. The van der Waals surface area contributed by atoms with E-state index in [2.05, 4.69) is 16.0 Å². The zero-order chi connectivity index (χ0) is 26.6. The van der Waals surface area contributed by atoms with Crippen molar-refractivity contribution >= 4 is 35.6 Å². The van der Waals surface area contributed by atoms with E-state index in [1.54, 1.807) is 41.5 Å². The van der Waals surface area contributed by atoms with Gasteiger partial charge in [0.25, 0.3) is 0 Å². The van der Waals surface area contributed by atoms with Gasteiger partial charge in [-0.15, -0.1) is 0 Å². The van der Waals surface area contributed by atoms with Crippen molar-refractivity contribution < 1.29 is 28.7 Å². The van der Waals surface area contributed by atoms with Crippen LogP contribution in [0, 0.1) is 0 Å². The molecule has 0 saturated carbocycles. The molecular weight excluding hydrogens is 470 g/mol. The topological polar surface area (TPSA) is 123 Å². The lowest BCUT2D eigenvalue weighted by Crippen LogP contribution is -2.55. The molecule has 0 spiro atoms. The number of carbonyl (C=O) groups excluding carboxylic acids is 4. The van der Waals surface area contributed by atoms with Crippen LogP contribution < -0.4 is 16.0 Å². The van der Waals surface area contributed by atoms with E-state index in [4.69, 9.17) is 9.47 Å². The number of rotatable bonds is 11. The summed E-state index contributed by atoms with van der Waals surface area (Å²) in [5.74, 6) is -1.02. The number of benzene rings is 1. The quantitative estimate of drug-likeness (QED) is 0.392. The molecular formula is C25H39N3O6S. The molecule has 0 aliphatic rings. The van der Waals surface area contributed by atoms with Gasteiger partial charge in [0.1, 0.15) is 29.8 Å². The molecule has 196 valence electrons. The van der Waals surface area contributed by atoms with Crippen LogP contribution in [0.2, 0.25) is 0 Å². The zero-order valence-corrected chi connectivity index (χ0v) is 22.5. The molecule has 2 atom stereocenters. The highest BCUT2D eigenvalue weighted by Crippen LogP contribution is 2.10. The number of esters is 1. The van der Waals surface area contributed by atoms with Crippen molar-refractivity contribution in [3.8, 4) is 0 Å². The number of ether oxygens (including phenoxy) is 2. The van der Waals surface area contributed by atoms with Gasteiger partial charge in [-0.1, -0.05) is 30.3 Å². The van der Waals surface area contributed by atoms with Gasteiger partial charge in [0.2, 0.25) is 11.8 Å². The van der Waals surface area contributed by atoms with E-state index in [0.29, 0.717) is 12.2 Å². The molecule has 0 radical (unpaired) electrons. The summed E-state index contributed by atoms with van der Waals surface area (Å²) in [6, 6.07) is 7.33. The van der Waals surface area contributed by atoms with Crippen LogP contribution in [0.3, 0.4) is 0 Å². The van der Waals surface area contributed by atoms with Crippen LogP contribution in [0.5, 0.6) is 0 Å². The molecule has 9 nitrogen and oxygen atoms in total. The predicted molar refractivity (Wildman–Crippen MR) is 137 cm³/mol. The minimum absolute atomic E-state index is 0.203. The van der Waals surface area contributed by atoms with Crippen molar-refractivity contribution in [2.75, 3.05) is 18.6 Å². The number of carbonyl (C=O) groups is 4. The number of nitrogens with one attached hydrogen (secondary N) is 3. The predicted octanol–water partition coefficient (Wildman–Crippen LogP) is 2.82. The highest BCUT2D eigenvalue weighted by atomic mass is 32.2. The van der Waals surface area contributed by atoms with Crippen molar-refractivity contribution in [1.82, 2.24) is 16.0 Å². The Labute approximate surface area is 212 Å². The summed E-state index contributed by atoms with van der Waals surface area (Å²) in [5.41, 5.74) is -0.578. The maximum atomic E-state index is 13.1. The van der Waals surface area contributed by atoms with Crippen molar-refractivity contribution in [3.05, 3.63) is 35.9 Å². The number of thioether (sulfide) groups is 1. The van der Waals surface area contributed by atoms with Gasteiger partial charge < -0.3 is 25.4 Å². The first-order chi connectivity index (χ1) is 16.2. The van der Waals surface area contributed by atoms with Crippen LogP contribution >= 0.6 is 11.8 Å². The standard InChI is InChI=1S/C25H39N3O6S/c1-24(2,3)33-20(29)16-26-21(30)19(15-17-11-9-8-10-12-17)27-22(31)18(13-14-35-7)28-23(32)34-25(4,5)6/h8-12,18-19H,13-16H2,1-7H3,(H,26,30)(H,27,31)(H,28,32)/t18-,19+/m1/s1. The molecule has 0 unspecified atom stereocenters. The van der Waals surface area contributed by atoms with Crippen LogP contribution in [0.15, 0.2) is 30.3 Å². The van der Waals surface area contributed by atoms with Crippen LogP contribution in [0.1, 0.15) is 53.5 Å². The van der Waals surface area contributed by atoms with Gasteiger partial charge in [0.15, 0.2) is 0 Å². The number of amides is 3. The second kappa shape index (κ2) is 14.0. The molecule has 10 heteroatoms. The van der Waals surface area contributed by atoms with Gasteiger partial charge in [-0.25, -0.2) is 4.79 Å². The summed E-state index contributed by atoms with van der Waals surface area (Å²) in [5, 5.41) is 7.87. The lowest BCUT2D eigenvalue weighted by Gasteiger charge is -2.25. The third-order valence-corrected chi connectivity index (χ3v) is 5.00. The first kappa shape index (κ1) is 30.3. The highest BCUT2D eigenvalue weighted by Gasteiger charge is 2.29. The fraction of sp³-hybridized carbons (Fsp3) is 0.600. The summed E-state index contributed by atoms with van der Waals surface area (Å²) in [6.07, 6.45) is 1.73. The Morgan fingerprint density at radius 1 is 0.857 bits per heavy atom. The van der Waals surface area contributed by atoms with Crippen LogP contribution in [0.4, 0.5) is 4.79 Å². The Hall–Kier alpha value is -2.75. The van der Waals surface area contributed by atoms with E-state index >= 15 is 0 Å². The maximum absolute atomic E-state index is 13.1. The SMILES string of the molecule is CSCC[C@@H](NC(=O)OC(C)(C)C)C(=O)N[C@@H](Cc1ccccc1)C(=O)NCC(=O)OC(C)(C)C. The van der Waals surface area contributed by atoms with Crippen LogP contribution in [0.25, 0.3) is 0 Å². The number of hydrogen-bond acceptors (Lipinski definition) is 7. The first-order valence-corrected chi connectivity index (χ1v) is 12.9. The molecule has 1 aromatic rings. The smallest absolute Gasteiger partial charge is 0.408 e. The zero-order valence-electron chi connectivity index (χ0n) is 21.7. The molecule has 0 saturated heterocycles. The van der Waals surface area contributed by atoms with Gasteiger partial charge >= 0.3 is 12.1 Å². The first-order valence-electron chi connectivity index (χ1n) is 11.5. The molecule has 0 heterocycles. The highest BCUT2D eigenvalue weighted by molar-refractivity contribution is 7.98. The van der Waals surface area contributed by atoms with Gasteiger partial charge in [-0.3, -0.25) is 14.4 Å². The van der Waals surface area contributed by atoms with Crippen molar-refractivity contribution in [1.29, 1.82) is 0 Å². The monoisotopic (exact) mass is 509 g/mol. The van der Waals surface area contributed by atoms with Gasteiger partial charge in [0, 0.05) is 6.42 Å². The third kappa shape index (κ3) is 13.7. The fourth-order valence-corrected chi connectivity index (χ4v) is 3.42. The van der Waals surface area contributed by atoms with Crippen molar-refractivity contribution in [2.24, 2.45) is 0 Å². The lowest BCUT2D eigenvalue weighted by molar-refractivity contribution is -0.154. The van der Waals surface area contributed by atoms with Gasteiger partial charge in [-0.05, 0) is 65.5 Å². The minimum Gasteiger partial charge on any atom is -0.459 e. The van der Waals surface area contributed by atoms with E-state index in [0.717, 1.165) is 5.56 Å². The molecule has 1 aromatic carbocycles. The molecule has 3 amide bonds. The van der Waals surface area contributed by atoms with E-state index < -0.39 is 47.2 Å². The fourth-order valence-electron chi connectivity index (χ4n) is 2.95. The van der Waals surface area contributed by atoms with E-state index in [9.17, 15) is 19.2 Å². The summed E-state index contributed by atoms with van der Waals surface area (Å²) in [6.45, 7) is 10.1. The Morgan fingerprint density at radius 3 is 2.00 bits per heavy atom. The average molecular weight is 510 g/mol. The Bertz CT molecular complexity index is 849. The van der Waals surface area contributed by atoms with Crippen molar-refractivity contribution in [2.45, 2.75) is 77.7 Å². The largest absolute Gasteiger partial charge is 0.459 e. The lowest BCUT2D eigenvalue weighted by atomic mass is 10.0. The second-order valence-electron chi connectivity index (χ2n) is 10.0. The van der Waals surface area contributed by atoms with Gasteiger partial charge in [0.05, 0.1) is 0 Å². The molecule has 0 aliphatic heterocycles.